The van der Waals surface area contributed by atoms with Crippen molar-refractivity contribution in [3.8, 4) is 0 Å². The van der Waals surface area contributed by atoms with Gasteiger partial charge in [0.15, 0.2) is 0 Å². The second kappa shape index (κ2) is 5.43. The van der Waals surface area contributed by atoms with Gasteiger partial charge in [-0.25, -0.2) is 0 Å². The summed E-state index contributed by atoms with van der Waals surface area (Å²) in [5, 5.41) is 3.79. The zero-order chi connectivity index (χ0) is 9.68. The Kier molecular flexibility index (Phi) is 4.50. The van der Waals surface area contributed by atoms with Crippen LogP contribution < -0.4 is 5.32 Å². The molecule has 3 heteroatoms. The van der Waals surface area contributed by atoms with Crippen LogP contribution in [0.2, 0.25) is 5.02 Å². The van der Waals surface area contributed by atoms with E-state index in [-0.39, 0.29) is 0 Å². The number of hydrogen-bond acceptors (Lipinski definition) is 1. The first kappa shape index (κ1) is 10.8. The number of benzene rings is 1. The van der Waals surface area contributed by atoms with Crippen LogP contribution in [0.1, 0.15) is 5.56 Å². The molecule has 0 bridgehead atoms. The van der Waals surface area contributed by atoms with Crippen molar-refractivity contribution < 1.29 is 0 Å². The second-order valence-corrected chi connectivity index (χ2v) is 3.92. The van der Waals surface area contributed by atoms with Crippen LogP contribution in [0.4, 0.5) is 0 Å². The van der Waals surface area contributed by atoms with Gasteiger partial charge in [0, 0.05) is 16.0 Å². The summed E-state index contributed by atoms with van der Waals surface area (Å²) in [4.78, 5) is 0. The molecule has 0 fully saturated rings. The molecule has 0 atom stereocenters. The van der Waals surface area contributed by atoms with Gasteiger partial charge in [-0.1, -0.05) is 45.7 Å². The van der Waals surface area contributed by atoms with E-state index in [0.29, 0.717) is 0 Å². The maximum Gasteiger partial charge on any atom is 0.0417 e. The highest BCUT2D eigenvalue weighted by molar-refractivity contribution is 9.10. The highest BCUT2D eigenvalue weighted by Gasteiger charge is 1.95. The first-order chi connectivity index (χ1) is 6.24. The topological polar surface area (TPSA) is 12.0 Å². The van der Waals surface area contributed by atoms with Gasteiger partial charge in [-0.3, -0.25) is 0 Å². The summed E-state index contributed by atoms with van der Waals surface area (Å²) in [6.45, 7) is 0.870. The molecular formula is C10H11BrClN. The lowest BCUT2D eigenvalue weighted by Crippen LogP contribution is -2.03. The monoisotopic (exact) mass is 259 g/mol. The van der Waals surface area contributed by atoms with Crippen LogP contribution in [0, 0.1) is 0 Å². The lowest BCUT2D eigenvalue weighted by molar-refractivity contribution is 0.922. The van der Waals surface area contributed by atoms with Crippen molar-refractivity contribution in [2.45, 2.75) is 0 Å². The van der Waals surface area contributed by atoms with E-state index in [0.717, 1.165) is 21.6 Å². The third-order valence-electron chi connectivity index (χ3n) is 1.58. The van der Waals surface area contributed by atoms with Crippen molar-refractivity contribution >= 4 is 33.6 Å². The first-order valence-corrected chi connectivity index (χ1v) is 5.17. The predicted octanol–water partition coefficient (Wildman–Crippen LogP) is 3.34. The van der Waals surface area contributed by atoms with Crippen LogP contribution >= 0.6 is 27.5 Å². The molecule has 13 heavy (non-hydrogen) atoms. The Morgan fingerprint density at radius 2 is 2.31 bits per heavy atom. The van der Waals surface area contributed by atoms with E-state index in [2.05, 4.69) is 33.4 Å². The molecule has 1 aromatic carbocycles. The van der Waals surface area contributed by atoms with Crippen LogP contribution in [-0.4, -0.2) is 13.6 Å². The molecule has 0 amide bonds. The molecule has 0 spiro atoms. The Morgan fingerprint density at radius 1 is 1.54 bits per heavy atom. The Balaban J connectivity index is 2.77. The fourth-order valence-corrected chi connectivity index (χ4v) is 1.76. The quantitative estimate of drug-likeness (QED) is 0.879. The molecule has 1 N–H and O–H groups in total. The van der Waals surface area contributed by atoms with Crippen molar-refractivity contribution in [3.63, 3.8) is 0 Å². The predicted molar refractivity (Wildman–Crippen MR) is 62.1 cm³/mol. The van der Waals surface area contributed by atoms with Gasteiger partial charge in [0.2, 0.25) is 0 Å². The zero-order valence-corrected chi connectivity index (χ0v) is 9.69. The van der Waals surface area contributed by atoms with E-state index in [1.807, 2.05) is 25.2 Å². The molecule has 0 unspecified atom stereocenters. The lowest BCUT2D eigenvalue weighted by atomic mass is 10.2. The molecule has 0 saturated carbocycles. The highest BCUT2D eigenvalue weighted by Crippen LogP contribution is 2.22. The highest BCUT2D eigenvalue weighted by atomic mass is 79.9. The number of rotatable bonds is 3. The van der Waals surface area contributed by atoms with Crippen LogP contribution in [-0.2, 0) is 0 Å². The smallest absolute Gasteiger partial charge is 0.0417 e. The second-order valence-electron chi connectivity index (χ2n) is 2.63. The molecule has 1 rings (SSSR count). The Labute approximate surface area is 91.9 Å². The summed E-state index contributed by atoms with van der Waals surface area (Å²) in [5.41, 5.74) is 1.14. The SMILES string of the molecule is CNCC=Cc1ccc(Cl)cc1Br. The standard InChI is InChI=1S/C10H11BrClN/c1-13-6-2-3-8-4-5-9(12)7-10(8)11/h2-5,7,13H,6H2,1H3. The fraction of sp³-hybridized carbons (Fsp3) is 0.200. The summed E-state index contributed by atoms with van der Waals surface area (Å²) in [7, 11) is 1.92. The Bertz CT molecular complexity index is 310. The summed E-state index contributed by atoms with van der Waals surface area (Å²) < 4.78 is 1.02. The molecule has 0 heterocycles. The molecular weight excluding hydrogens is 249 g/mol. The van der Waals surface area contributed by atoms with Crippen molar-refractivity contribution in [1.29, 1.82) is 0 Å². The van der Waals surface area contributed by atoms with Gasteiger partial charge in [-0.15, -0.1) is 0 Å². The first-order valence-electron chi connectivity index (χ1n) is 4.00. The molecule has 70 valence electrons. The van der Waals surface area contributed by atoms with Gasteiger partial charge in [0.05, 0.1) is 0 Å². The van der Waals surface area contributed by atoms with Crippen molar-refractivity contribution in [3.05, 3.63) is 39.3 Å². The summed E-state index contributed by atoms with van der Waals surface area (Å²) >= 11 is 9.25. The van der Waals surface area contributed by atoms with E-state index in [9.17, 15) is 0 Å². The number of halogens is 2. The number of likely N-dealkylation sites (N-methyl/N-ethyl adjacent to an activating group) is 1. The van der Waals surface area contributed by atoms with Crippen LogP contribution in [0.3, 0.4) is 0 Å². The average Bonchev–Trinajstić information content (AvgIpc) is 2.09. The van der Waals surface area contributed by atoms with Crippen molar-refractivity contribution in [2.75, 3.05) is 13.6 Å². The molecule has 0 radical (unpaired) electrons. The van der Waals surface area contributed by atoms with Gasteiger partial charge in [-0.05, 0) is 24.7 Å². The van der Waals surface area contributed by atoms with Gasteiger partial charge in [-0.2, -0.15) is 0 Å². The van der Waals surface area contributed by atoms with Crippen molar-refractivity contribution in [2.24, 2.45) is 0 Å². The normalized spacial score (nSPS) is 11.0. The van der Waals surface area contributed by atoms with Crippen LogP contribution in [0.15, 0.2) is 28.7 Å². The van der Waals surface area contributed by atoms with Gasteiger partial charge >= 0.3 is 0 Å². The fourth-order valence-electron chi connectivity index (χ4n) is 0.940. The molecule has 0 saturated heterocycles. The third kappa shape index (κ3) is 3.51. The summed E-state index contributed by atoms with van der Waals surface area (Å²) in [6.07, 6.45) is 4.12. The Hall–Kier alpha value is -0.310. The molecule has 0 aliphatic carbocycles. The largest absolute Gasteiger partial charge is 0.316 e. The van der Waals surface area contributed by atoms with E-state index >= 15 is 0 Å². The van der Waals surface area contributed by atoms with E-state index in [1.54, 1.807) is 0 Å². The zero-order valence-electron chi connectivity index (χ0n) is 7.35. The third-order valence-corrected chi connectivity index (χ3v) is 2.50. The van der Waals surface area contributed by atoms with Crippen molar-refractivity contribution in [1.82, 2.24) is 5.32 Å². The maximum atomic E-state index is 5.81. The Morgan fingerprint density at radius 3 is 2.92 bits per heavy atom. The van der Waals surface area contributed by atoms with Gasteiger partial charge in [0.25, 0.3) is 0 Å². The molecule has 1 aromatic rings. The maximum absolute atomic E-state index is 5.81. The van der Waals surface area contributed by atoms with Gasteiger partial charge in [0.1, 0.15) is 0 Å². The van der Waals surface area contributed by atoms with Crippen LogP contribution in [0.5, 0.6) is 0 Å². The molecule has 0 aliphatic rings. The average molecular weight is 261 g/mol. The molecule has 1 nitrogen and oxygen atoms in total. The summed E-state index contributed by atoms with van der Waals surface area (Å²) in [5.74, 6) is 0. The summed E-state index contributed by atoms with van der Waals surface area (Å²) in [6, 6.07) is 5.75. The van der Waals surface area contributed by atoms with E-state index < -0.39 is 0 Å². The van der Waals surface area contributed by atoms with Gasteiger partial charge < -0.3 is 5.32 Å². The lowest BCUT2D eigenvalue weighted by Gasteiger charge is -1.98. The van der Waals surface area contributed by atoms with E-state index in [4.69, 9.17) is 11.6 Å². The molecule has 0 aromatic heterocycles. The van der Waals surface area contributed by atoms with Crippen LogP contribution in [0.25, 0.3) is 6.08 Å². The number of hydrogen-bond donors (Lipinski definition) is 1. The molecule has 0 aliphatic heterocycles. The minimum absolute atomic E-state index is 0.748. The number of nitrogens with one attached hydrogen (secondary N) is 1. The minimum Gasteiger partial charge on any atom is -0.316 e. The van der Waals surface area contributed by atoms with E-state index in [1.165, 1.54) is 0 Å². The minimum atomic E-state index is 0.748.